The average Bonchev–Trinajstić information content (AvgIpc) is 3.30. The number of unbranched alkanes of at least 4 members (excludes halogenated alkanes) is 14. The summed E-state index contributed by atoms with van der Waals surface area (Å²) in [6.07, 6.45) is 19.6. The number of rotatable bonds is 17. The maximum atomic E-state index is 13.1. The van der Waals surface area contributed by atoms with Crippen LogP contribution in [-0.2, 0) is 15.1 Å². The highest BCUT2D eigenvalue weighted by atomic mass is 16.6. The van der Waals surface area contributed by atoms with Gasteiger partial charge in [0.1, 0.15) is 23.0 Å². The van der Waals surface area contributed by atoms with Crippen LogP contribution in [0.5, 0.6) is 23.0 Å². The molecule has 45 heavy (non-hydrogen) atoms. The van der Waals surface area contributed by atoms with Crippen molar-refractivity contribution in [2.45, 2.75) is 115 Å². The molecule has 1 amide bonds. The van der Waals surface area contributed by atoms with Crippen LogP contribution in [0.25, 0.3) is 0 Å². The highest BCUT2D eigenvalue weighted by molar-refractivity contribution is 5.99. The highest BCUT2D eigenvalue weighted by Crippen LogP contribution is 2.57. The zero-order valence-corrected chi connectivity index (χ0v) is 26.5. The van der Waals surface area contributed by atoms with Crippen LogP contribution in [0.3, 0.4) is 0 Å². The molecule has 0 aliphatic carbocycles. The summed E-state index contributed by atoms with van der Waals surface area (Å²) in [6, 6.07) is 14.5. The molecule has 2 aliphatic heterocycles. The van der Waals surface area contributed by atoms with Crippen molar-refractivity contribution in [2.24, 2.45) is 0 Å². The summed E-state index contributed by atoms with van der Waals surface area (Å²) in [5.74, 6) is 0.0635. The molecule has 0 unspecified atom stereocenters. The highest BCUT2D eigenvalue weighted by Gasteiger charge is 2.53. The Morgan fingerprint density at radius 3 is 1.71 bits per heavy atom. The third-order valence-corrected chi connectivity index (χ3v) is 9.06. The Hall–Kier alpha value is -4.00. The number of hydrogen-bond donors (Lipinski definition) is 3. The topological polar surface area (TPSA) is 105 Å². The maximum Gasteiger partial charge on any atom is 0.340 e. The Labute approximate surface area is 267 Å². The zero-order chi connectivity index (χ0) is 31.6. The third-order valence-electron chi connectivity index (χ3n) is 9.06. The van der Waals surface area contributed by atoms with Crippen LogP contribution in [-0.4, -0.2) is 22.1 Å². The first kappa shape index (κ1) is 32.4. The molecule has 3 N–H and O–H groups in total. The standard InChI is InChI=1S/C38H47NO6/c1-2-3-4-5-6-7-8-9-10-11-12-13-14-15-16-17-36(42)39-27-18-21-30-33(24-27)38(45-37(30)43)31-22-19-28(40)25-34(31)44-35-26-29(41)20-23-32(35)38/h18-26,40-41H,2-17H2,1H3,(H,39,42). The van der Waals surface area contributed by atoms with Crippen LogP contribution >= 0.6 is 0 Å². The molecule has 0 saturated heterocycles. The number of carbonyl (C=O) groups is 2. The molecule has 2 heterocycles. The molecular weight excluding hydrogens is 566 g/mol. The van der Waals surface area contributed by atoms with Gasteiger partial charge in [-0.25, -0.2) is 4.79 Å². The summed E-state index contributed by atoms with van der Waals surface area (Å²) >= 11 is 0. The second-order valence-electron chi connectivity index (χ2n) is 12.5. The Morgan fingerprint density at radius 1 is 0.667 bits per heavy atom. The van der Waals surface area contributed by atoms with Crippen LogP contribution in [0.15, 0.2) is 54.6 Å². The van der Waals surface area contributed by atoms with E-state index in [1.54, 1.807) is 30.3 Å². The Kier molecular flexibility index (Phi) is 11.0. The normalized spacial score (nSPS) is 13.9. The van der Waals surface area contributed by atoms with Crippen LogP contribution in [0, 0.1) is 0 Å². The van der Waals surface area contributed by atoms with Gasteiger partial charge in [-0.05, 0) is 48.9 Å². The zero-order valence-electron chi connectivity index (χ0n) is 26.5. The average molecular weight is 614 g/mol. The summed E-state index contributed by atoms with van der Waals surface area (Å²) in [5.41, 5.74) is 1.27. The molecular formula is C38H47NO6. The lowest BCUT2D eigenvalue weighted by Gasteiger charge is -2.36. The molecule has 0 aromatic heterocycles. The number of aromatic hydroxyl groups is 2. The van der Waals surface area contributed by atoms with Gasteiger partial charge >= 0.3 is 5.97 Å². The van der Waals surface area contributed by atoms with Crippen molar-refractivity contribution in [1.82, 2.24) is 0 Å². The Bertz CT molecular complexity index is 1430. The van der Waals surface area contributed by atoms with Crippen molar-refractivity contribution in [2.75, 3.05) is 5.32 Å². The van der Waals surface area contributed by atoms with Crippen LogP contribution < -0.4 is 10.1 Å². The predicted octanol–water partition coefficient (Wildman–Crippen LogP) is 9.87. The molecule has 5 rings (SSSR count). The van der Waals surface area contributed by atoms with E-state index in [2.05, 4.69) is 12.2 Å². The van der Waals surface area contributed by atoms with Crippen molar-refractivity contribution in [3.8, 4) is 23.0 Å². The summed E-state index contributed by atoms with van der Waals surface area (Å²) in [5, 5.41) is 23.3. The summed E-state index contributed by atoms with van der Waals surface area (Å²) in [6.45, 7) is 2.26. The lowest BCUT2D eigenvalue weighted by atomic mass is 9.77. The minimum absolute atomic E-state index is 0.00290. The van der Waals surface area contributed by atoms with E-state index in [0.29, 0.717) is 45.9 Å². The fourth-order valence-electron chi connectivity index (χ4n) is 6.66. The van der Waals surface area contributed by atoms with E-state index < -0.39 is 11.6 Å². The SMILES string of the molecule is CCCCCCCCCCCCCCCCCC(=O)Nc1ccc2c(c1)C1(OC2=O)c2ccc(O)cc2Oc2cc(O)ccc21. The predicted molar refractivity (Wildman–Crippen MR) is 176 cm³/mol. The number of phenols is 2. The lowest BCUT2D eigenvalue weighted by molar-refractivity contribution is -0.116. The lowest BCUT2D eigenvalue weighted by Crippen LogP contribution is -2.33. The molecule has 0 saturated carbocycles. The number of benzene rings is 3. The number of esters is 1. The van der Waals surface area contributed by atoms with Gasteiger partial charge in [0, 0.05) is 40.9 Å². The number of anilines is 1. The number of carbonyl (C=O) groups excluding carboxylic acids is 2. The second kappa shape index (κ2) is 15.3. The van der Waals surface area contributed by atoms with Crippen molar-refractivity contribution in [3.63, 3.8) is 0 Å². The summed E-state index contributed by atoms with van der Waals surface area (Å²) in [4.78, 5) is 26.0. The number of fused-ring (bicyclic) bond motifs is 6. The smallest absolute Gasteiger partial charge is 0.340 e. The molecule has 3 aromatic carbocycles. The monoisotopic (exact) mass is 613 g/mol. The fraction of sp³-hybridized carbons (Fsp3) is 0.474. The van der Waals surface area contributed by atoms with Crippen molar-refractivity contribution >= 4 is 17.6 Å². The van der Waals surface area contributed by atoms with Gasteiger partial charge in [0.2, 0.25) is 5.91 Å². The van der Waals surface area contributed by atoms with Gasteiger partial charge in [-0.2, -0.15) is 0 Å². The molecule has 7 nitrogen and oxygen atoms in total. The first-order valence-electron chi connectivity index (χ1n) is 16.9. The molecule has 0 radical (unpaired) electrons. The fourth-order valence-corrected chi connectivity index (χ4v) is 6.66. The first-order valence-corrected chi connectivity index (χ1v) is 16.9. The number of nitrogens with one attached hydrogen (secondary N) is 1. The van der Waals surface area contributed by atoms with E-state index in [-0.39, 0.29) is 17.4 Å². The number of amides is 1. The van der Waals surface area contributed by atoms with E-state index in [4.69, 9.17) is 9.47 Å². The molecule has 240 valence electrons. The molecule has 0 fully saturated rings. The first-order chi connectivity index (χ1) is 21.9. The summed E-state index contributed by atoms with van der Waals surface area (Å²) < 4.78 is 12.1. The third kappa shape index (κ3) is 7.63. The molecule has 0 bridgehead atoms. The van der Waals surface area contributed by atoms with Crippen molar-refractivity contribution < 1.29 is 29.3 Å². The van der Waals surface area contributed by atoms with E-state index in [1.165, 1.54) is 101 Å². The van der Waals surface area contributed by atoms with Crippen LogP contribution in [0.1, 0.15) is 137 Å². The van der Waals surface area contributed by atoms with Gasteiger partial charge in [0.25, 0.3) is 0 Å². The molecule has 1 spiro atoms. The van der Waals surface area contributed by atoms with Gasteiger partial charge in [-0.15, -0.1) is 0 Å². The maximum absolute atomic E-state index is 13.1. The van der Waals surface area contributed by atoms with E-state index in [0.717, 1.165) is 19.3 Å². The minimum Gasteiger partial charge on any atom is -0.508 e. The Balaban J connectivity index is 1.12. The van der Waals surface area contributed by atoms with Crippen molar-refractivity contribution in [3.05, 3.63) is 76.9 Å². The minimum atomic E-state index is -1.36. The van der Waals surface area contributed by atoms with Crippen LogP contribution in [0.2, 0.25) is 0 Å². The number of phenolic OH excluding ortho intramolecular Hbond substituents is 2. The Morgan fingerprint density at radius 2 is 1.18 bits per heavy atom. The molecule has 3 aromatic rings. The second-order valence-corrected chi connectivity index (χ2v) is 12.5. The molecule has 2 aliphatic rings. The van der Waals surface area contributed by atoms with E-state index in [9.17, 15) is 19.8 Å². The van der Waals surface area contributed by atoms with Gasteiger partial charge in [-0.3, -0.25) is 4.79 Å². The van der Waals surface area contributed by atoms with Gasteiger partial charge < -0.3 is 25.0 Å². The van der Waals surface area contributed by atoms with Gasteiger partial charge in [0.15, 0.2) is 5.60 Å². The summed E-state index contributed by atoms with van der Waals surface area (Å²) in [7, 11) is 0. The van der Waals surface area contributed by atoms with E-state index >= 15 is 0 Å². The van der Waals surface area contributed by atoms with E-state index in [1.807, 2.05) is 0 Å². The molecule has 7 heteroatoms. The number of ether oxygens (including phenoxy) is 2. The quantitative estimate of drug-likeness (QED) is 0.103. The van der Waals surface area contributed by atoms with Gasteiger partial charge in [-0.1, -0.05) is 96.8 Å². The van der Waals surface area contributed by atoms with Gasteiger partial charge in [0.05, 0.1) is 5.56 Å². The number of hydrogen-bond acceptors (Lipinski definition) is 6. The van der Waals surface area contributed by atoms with Crippen LogP contribution in [0.4, 0.5) is 5.69 Å². The largest absolute Gasteiger partial charge is 0.508 e. The molecule has 0 atom stereocenters. The van der Waals surface area contributed by atoms with Crippen molar-refractivity contribution in [1.29, 1.82) is 0 Å².